The highest BCUT2D eigenvalue weighted by atomic mass is 35.5. The Morgan fingerprint density at radius 2 is 1.63 bits per heavy atom. The van der Waals surface area contributed by atoms with E-state index >= 15 is 0 Å². The Hall–Kier alpha value is -3.36. The Labute approximate surface area is 230 Å². The van der Waals surface area contributed by atoms with Crippen LogP contribution >= 0.6 is 11.6 Å². The van der Waals surface area contributed by atoms with Gasteiger partial charge in [-0.2, -0.15) is 0 Å². The fraction of sp³-hybridized carbons (Fsp3) is 0.310. The second kappa shape index (κ2) is 12.9. The van der Waals surface area contributed by atoms with Gasteiger partial charge in [0, 0.05) is 18.1 Å². The lowest BCUT2D eigenvalue weighted by Crippen LogP contribution is -2.51. The molecule has 0 saturated carbocycles. The number of hydrogen-bond acceptors (Lipinski definition) is 4. The summed E-state index contributed by atoms with van der Waals surface area (Å²) in [5.41, 5.74) is 2.83. The first-order chi connectivity index (χ1) is 18.0. The quantitative estimate of drug-likeness (QED) is 0.357. The largest absolute Gasteiger partial charge is 0.354 e. The van der Waals surface area contributed by atoms with Crippen molar-refractivity contribution in [3.05, 3.63) is 94.5 Å². The van der Waals surface area contributed by atoms with E-state index in [4.69, 9.17) is 11.6 Å². The van der Waals surface area contributed by atoms with Crippen molar-refractivity contribution in [1.82, 2.24) is 10.2 Å². The fourth-order valence-electron chi connectivity index (χ4n) is 3.95. The number of nitrogens with one attached hydrogen (secondary N) is 1. The van der Waals surface area contributed by atoms with Crippen LogP contribution in [0.2, 0.25) is 5.02 Å². The van der Waals surface area contributed by atoms with Crippen LogP contribution in [-0.4, -0.2) is 44.3 Å². The highest BCUT2D eigenvalue weighted by molar-refractivity contribution is 7.92. The molecule has 3 aromatic rings. The van der Waals surface area contributed by atoms with E-state index in [1.165, 1.54) is 23.1 Å². The highest BCUT2D eigenvalue weighted by Crippen LogP contribution is 2.30. The van der Waals surface area contributed by atoms with Gasteiger partial charge in [0.15, 0.2) is 0 Å². The third-order valence-corrected chi connectivity index (χ3v) is 8.25. The molecule has 0 saturated heterocycles. The SMILES string of the molecule is CCCNC(=O)C(C)N(Cc1ccc(C)cc1)C(=O)CN(c1cc(Cl)ccc1C)S(=O)(=O)c1ccccc1. The molecule has 0 heterocycles. The predicted molar refractivity (Wildman–Crippen MR) is 152 cm³/mol. The molecule has 0 aliphatic heterocycles. The first-order valence-corrected chi connectivity index (χ1v) is 14.3. The number of benzene rings is 3. The Morgan fingerprint density at radius 3 is 2.26 bits per heavy atom. The molecule has 1 atom stereocenters. The predicted octanol–water partition coefficient (Wildman–Crippen LogP) is 5.10. The third-order valence-electron chi connectivity index (χ3n) is 6.24. The zero-order valence-corrected chi connectivity index (χ0v) is 23.7. The zero-order valence-electron chi connectivity index (χ0n) is 22.1. The first kappa shape index (κ1) is 29.2. The van der Waals surface area contributed by atoms with Crippen molar-refractivity contribution in [2.24, 2.45) is 0 Å². The molecule has 38 heavy (non-hydrogen) atoms. The normalized spacial score (nSPS) is 12.0. The molecule has 202 valence electrons. The molecule has 9 heteroatoms. The molecule has 0 aromatic heterocycles. The van der Waals surface area contributed by atoms with Gasteiger partial charge in [0.25, 0.3) is 10.0 Å². The van der Waals surface area contributed by atoms with E-state index in [2.05, 4.69) is 5.32 Å². The molecular weight excluding hydrogens is 522 g/mol. The summed E-state index contributed by atoms with van der Waals surface area (Å²) in [5, 5.41) is 3.18. The van der Waals surface area contributed by atoms with E-state index in [0.717, 1.165) is 21.9 Å². The summed E-state index contributed by atoms with van der Waals surface area (Å²) in [6.07, 6.45) is 0.751. The summed E-state index contributed by atoms with van der Waals surface area (Å²) in [7, 11) is -4.13. The first-order valence-electron chi connectivity index (χ1n) is 12.5. The van der Waals surface area contributed by atoms with Crippen molar-refractivity contribution in [3.63, 3.8) is 0 Å². The van der Waals surface area contributed by atoms with Crippen molar-refractivity contribution in [2.75, 3.05) is 17.4 Å². The van der Waals surface area contributed by atoms with E-state index in [1.54, 1.807) is 44.2 Å². The Kier molecular flexibility index (Phi) is 9.94. The molecule has 3 aromatic carbocycles. The minimum atomic E-state index is -4.13. The molecule has 0 aliphatic carbocycles. The average Bonchev–Trinajstić information content (AvgIpc) is 2.91. The van der Waals surface area contributed by atoms with Crippen LogP contribution < -0.4 is 9.62 Å². The summed E-state index contributed by atoms with van der Waals surface area (Å²) in [6, 6.07) is 19.7. The number of sulfonamides is 1. The van der Waals surface area contributed by atoms with E-state index in [9.17, 15) is 18.0 Å². The molecule has 0 bridgehead atoms. The second-order valence-electron chi connectivity index (χ2n) is 9.23. The van der Waals surface area contributed by atoms with Crippen LogP contribution in [0.15, 0.2) is 77.7 Å². The number of halogens is 1. The topological polar surface area (TPSA) is 86.8 Å². The van der Waals surface area contributed by atoms with Crippen LogP contribution in [0.4, 0.5) is 5.69 Å². The Bertz CT molecular complexity index is 1360. The van der Waals surface area contributed by atoms with Gasteiger partial charge in [-0.25, -0.2) is 8.42 Å². The number of nitrogens with zero attached hydrogens (tertiary/aromatic N) is 2. The van der Waals surface area contributed by atoms with Crippen LogP contribution in [0.1, 0.15) is 37.0 Å². The summed E-state index contributed by atoms with van der Waals surface area (Å²) >= 11 is 6.25. The van der Waals surface area contributed by atoms with Crippen molar-refractivity contribution in [2.45, 2.75) is 51.6 Å². The van der Waals surface area contributed by atoms with Gasteiger partial charge in [-0.15, -0.1) is 0 Å². The molecule has 0 radical (unpaired) electrons. The summed E-state index contributed by atoms with van der Waals surface area (Å²) < 4.78 is 28.7. The molecule has 0 fully saturated rings. The number of rotatable bonds is 11. The van der Waals surface area contributed by atoms with Crippen LogP contribution in [0.3, 0.4) is 0 Å². The summed E-state index contributed by atoms with van der Waals surface area (Å²) in [5.74, 6) is -0.813. The van der Waals surface area contributed by atoms with Crippen molar-refractivity contribution >= 4 is 39.1 Å². The number of aryl methyl sites for hydroxylation is 2. The number of carbonyl (C=O) groups excluding carboxylic acids is 2. The standard InChI is InChI=1S/C29H34ClN3O4S/c1-5-17-31-29(35)23(4)32(19-24-14-11-21(2)12-15-24)28(34)20-33(27-18-25(30)16-13-22(27)3)38(36,37)26-9-7-6-8-10-26/h6-16,18,23H,5,17,19-20H2,1-4H3,(H,31,35). The minimum Gasteiger partial charge on any atom is -0.354 e. The van der Waals surface area contributed by atoms with Gasteiger partial charge in [0.2, 0.25) is 11.8 Å². The Balaban J connectivity index is 2.04. The van der Waals surface area contributed by atoms with Gasteiger partial charge < -0.3 is 10.2 Å². The van der Waals surface area contributed by atoms with Gasteiger partial charge in [-0.1, -0.05) is 72.6 Å². The number of carbonyl (C=O) groups is 2. The van der Waals surface area contributed by atoms with Crippen LogP contribution in [0.25, 0.3) is 0 Å². The van der Waals surface area contributed by atoms with Crippen molar-refractivity contribution < 1.29 is 18.0 Å². The molecule has 0 spiro atoms. The van der Waals surface area contributed by atoms with Gasteiger partial charge in [0.1, 0.15) is 12.6 Å². The molecule has 1 N–H and O–H groups in total. The maximum atomic E-state index is 13.9. The summed E-state index contributed by atoms with van der Waals surface area (Å²) in [4.78, 5) is 28.3. The van der Waals surface area contributed by atoms with Gasteiger partial charge >= 0.3 is 0 Å². The average molecular weight is 556 g/mol. The zero-order chi connectivity index (χ0) is 27.9. The number of amides is 2. The van der Waals surface area contributed by atoms with Crippen molar-refractivity contribution in [1.29, 1.82) is 0 Å². The van der Waals surface area contributed by atoms with Crippen molar-refractivity contribution in [3.8, 4) is 0 Å². The second-order valence-corrected chi connectivity index (χ2v) is 11.5. The molecule has 1 unspecified atom stereocenters. The maximum absolute atomic E-state index is 13.9. The third kappa shape index (κ3) is 7.14. The highest BCUT2D eigenvalue weighted by Gasteiger charge is 2.33. The smallest absolute Gasteiger partial charge is 0.264 e. The van der Waals surface area contributed by atoms with E-state index in [0.29, 0.717) is 22.8 Å². The monoisotopic (exact) mass is 555 g/mol. The van der Waals surface area contributed by atoms with E-state index in [-0.39, 0.29) is 17.3 Å². The van der Waals surface area contributed by atoms with E-state index in [1.807, 2.05) is 38.1 Å². The lowest BCUT2D eigenvalue weighted by Gasteiger charge is -2.32. The summed E-state index contributed by atoms with van der Waals surface area (Å²) in [6.45, 7) is 7.44. The van der Waals surface area contributed by atoms with Gasteiger partial charge in [-0.05, 0) is 62.6 Å². The molecule has 7 nitrogen and oxygen atoms in total. The Morgan fingerprint density at radius 1 is 0.974 bits per heavy atom. The van der Waals surface area contributed by atoms with Crippen LogP contribution in [0, 0.1) is 13.8 Å². The van der Waals surface area contributed by atoms with Gasteiger partial charge in [-0.3, -0.25) is 13.9 Å². The molecule has 2 amide bonds. The lowest BCUT2D eigenvalue weighted by molar-refractivity contribution is -0.139. The molecular formula is C29H34ClN3O4S. The molecule has 3 rings (SSSR count). The maximum Gasteiger partial charge on any atom is 0.264 e. The molecule has 0 aliphatic rings. The van der Waals surface area contributed by atoms with Crippen LogP contribution in [0.5, 0.6) is 0 Å². The van der Waals surface area contributed by atoms with Gasteiger partial charge in [0.05, 0.1) is 10.6 Å². The van der Waals surface area contributed by atoms with E-state index < -0.39 is 28.5 Å². The van der Waals surface area contributed by atoms with Crippen LogP contribution in [-0.2, 0) is 26.2 Å². The number of anilines is 1. The minimum absolute atomic E-state index is 0.0472. The fourth-order valence-corrected chi connectivity index (χ4v) is 5.61. The lowest BCUT2D eigenvalue weighted by atomic mass is 10.1. The number of hydrogen-bond donors (Lipinski definition) is 1.